The molecule has 0 N–H and O–H groups in total. The van der Waals surface area contributed by atoms with Crippen LogP contribution in [0.3, 0.4) is 0 Å². The summed E-state index contributed by atoms with van der Waals surface area (Å²) in [5.74, 6) is -0.444. The van der Waals surface area contributed by atoms with Crippen LogP contribution >= 0.6 is 0 Å². The third-order valence-corrected chi connectivity index (χ3v) is 2.56. The summed E-state index contributed by atoms with van der Waals surface area (Å²) in [6.45, 7) is 0.187. The number of cyclic esters (lactones) is 1. The fourth-order valence-corrected chi connectivity index (χ4v) is 1.64. The Balaban J connectivity index is 2.18. The second kappa shape index (κ2) is 4.75. The summed E-state index contributed by atoms with van der Waals surface area (Å²) in [6, 6.07) is 8.18. The summed E-state index contributed by atoms with van der Waals surface area (Å²) in [5.41, 5.74) is 0.969. The van der Waals surface area contributed by atoms with Crippen molar-refractivity contribution in [2.75, 3.05) is 18.6 Å². The second-order valence-electron chi connectivity index (χ2n) is 3.65. The molecule has 1 aromatic rings. The Morgan fingerprint density at radius 2 is 2.17 bits per heavy atom. The van der Waals surface area contributed by atoms with Gasteiger partial charge >= 0.3 is 12.1 Å². The maximum atomic E-state index is 11.5. The van der Waals surface area contributed by atoms with Crippen LogP contribution < -0.4 is 4.90 Å². The summed E-state index contributed by atoms with van der Waals surface area (Å²) < 4.78 is 9.38. The zero-order valence-corrected chi connectivity index (χ0v) is 9.62. The fourth-order valence-electron chi connectivity index (χ4n) is 1.64. The van der Waals surface area contributed by atoms with Gasteiger partial charge in [0.05, 0.1) is 19.2 Å². The molecule has 6 nitrogen and oxygen atoms in total. The highest BCUT2D eigenvalue weighted by Gasteiger charge is 2.32. The number of nitrogens with zero attached hydrogens (tertiary/aromatic N) is 2. The van der Waals surface area contributed by atoms with E-state index in [0.717, 1.165) is 0 Å². The van der Waals surface area contributed by atoms with Crippen molar-refractivity contribution in [1.82, 2.24) is 0 Å². The fraction of sp³-hybridized carbons (Fsp3) is 0.250. The maximum absolute atomic E-state index is 11.5. The molecule has 1 fully saturated rings. The standard InChI is InChI=1S/C12H10N2O4/c1-17-11(15)8-2-4-9(5-3-8)14-7-10(6-13)18-12(14)16/h2-5,10H,7H2,1H3. The first kappa shape index (κ1) is 11.9. The number of amides is 1. The van der Waals surface area contributed by atoms with Crippen LogP contribution in [0.25, 0.3) is 0 Å². The molecule has 1 unspecified atom stereocenters. The molecule has 1 amide bonds. The third-order valence-electron chi connectivity index (χ3n) is 2.56. The minimum Gasteiger partial charge on any atom is -0.465 e. The van der Waals surface area contributed by atoms with Crippen molar-refractivity contribution in [3.63, 3.8) is 0 Å². The third kappa shape index (κ3) is 2.11. The first-order valence-electron chi connectivity index (χ1n) is 5.22. The molecular formula is C12H10N2O4. The van der Waals surface area contributed by atoms with Crippen molar-refractivity contribution in [2.45, 2.75) is 6.10 Å². The van der Waals surface area contributed by atoms with Gasteiger partial charge in [0.15, 0.2) is 0 Å². The number of hydrogen-bond donors (Lipinski definition) is 0. The summed E-state index contributed by atoms with van der Waals surface area (Å²) in [4.78, 5) is 24.1. The van der Waals surface area contributed by atoms with Crippen LogP contribution in [0, 0.1) is 11.3 Å². The Kier molecular flexibility index (Phi) is 3.15. The number of carbonyl (C=O) groups excluding carboxylic acids is 2. The van der Waals surface area contributed by atoms with Crippen molar-refractivity contribution in [2.24, 2.45) is 0 Å². The highest BCUT2D eigenvalue weighted by molar-refractivity contribution is 5.92. The molecule has 1 saturated heterocycles. The summed E-state index contributed by atoms with van der Waals surface area (Å²) >= 11 is 0. The molecule has 18 heavy (non-hydrogen) atoms. The van der Waals surface area contributed by atoms with Gasteiger partial charge in [-0.05, 0) is 24.3 Å². The number of nitriles is 1. The monoisotopic (exact) mass is 246 g/mol. The quantitative estimate of drug-likeness (QED) is 0.735. The van der Waals surface area contributed by atoms with Crippen molar-refractivity contribution in [3.8, 4) is 6.07 Å². The predicted octanol–water partition coefficient (Wildman–Crippen LogP) is 1.32. The van der Waals surface area contributed by atoms with Gasteiger partial charge in [0.1, 0.15) is 6.07 Å². The zero-order chi connectivity index (χ0) is 13.1. The van der Waals surface area contributed by atoms with Gasteiger partial charge in [0.25, 0.3) is 0 Å². The van der Waals surface area contributed by atoms with Crippen LogP contribution in [0.15, 0.2) is 24.3 Å². The van der Waals surface area contributed by atoms with Gasteiger partial charge in [-0.15, -0.1) is 0 Å². The van der Waals surface area contributed by atoms with Crippen LogP contribution in [0.5, 0.6) is 0 Å². The highest BCUT2D eigenvalue weighted by Crippen LogP contribution is 2.21. The maximum Gasteiger partial charge on any atom is 0.415 e. The molecule has 6 heteroatoms. The van der Waals surface area contributed by atoms with E-state index in [2.05, 4.69) is 4.74 Å². The molecule has 1 aliphatic heterocycles. The number of benzene rings is 1. The SMILES string of the molecule is COC(=O)c1ccc(N2CC(C#N)OC2=O)cc1. The first-order valence-corrected chi connectivity index (χ1v) is 5.22. The van der Waals surface area contributed by atoms with Crippen molar-refractivity contribution < 1.29 is 19.1 Å². The minimum atomic E-state index is -0.752. The molecule has 92 valence electrons. The lowest BCUT2D eigenvalue weighted by Crippen LogP contribution is -2.24. The number of rotatable bonds is 2. The topological polar surface area (TPSA) is 79.6 Å². The van der Waals surface area contributed by atoms with E-state index in [9.17, 15) is 9.59 Å². The minimum absolute atomic E-state index is 0.187. The van der Waals surface area contributed by atoms with Gasteiger partial charge in [0.2, 0.25) is 6.10 Å². The summed E-state index contributed by atoms with van der Waals surface area (Å²) in [5, 5.41) is 8.68. The number of esters is 1. The molecule has 0 bridgehead atoms. The molecule has 1 atom stereocenters. The molecule has 0 radical (unpaired) electrons. The summed E-state index contributed by atoms with van der Waals surface area (Å²) in [6.07, 6.45) is -1.31. The predicted molar refractivity (Wildman–Crippen MR) is 61.0 cm³/mol. The number of methoxy groups -OCH3 is 1. The molecule has 1 aromatic carbocycles. The van der Waals surface area contributed by atoms with E-state index in [1.165, 1.54) is 12.0 Å². The highest BCUT2D eigenvalue weighted by atomic mass is 16.6. The Hall–Kier alpha value is -2.55. The second-order valence-corrected chi connectivity index (χ2v) is 3.65. The van der Waals surface area contributed by atoms with E-state index in [0.29, 0.717) is 11.3 Å². The van der Waals surface area contributed by atoms with Crippen LogP contribution in [0.4, 0.5) is 10.5 Å². The molecule has 0 aliphatic carbocycles. The van der Waals surface area contributed by atoms with Crippen LogP contribution in [0.1, 0.15) is 10.4 Å². The lowest BCUT2D eigenvalue weighted by molar-refractivity contribution is 0.0600. The van der Waals surface area contributed by atoms with Gasteiger partial charge in [-0.2, -0.15) is 5.26 Å². The normalized spacial score (nSPS) is 18.1. The molecule has 2 rings (SSSR count). The molecule has 0 aromatic heterocycles. The number of ether oxygens (including phenoxy) is 2. The molecule has 0 spiro atoms. The molecule has 0 saturated carbocycles. The van der Waals surface area contributed by atoms with E-state index >= 15 is 0 Å². The van der Waals surface area contributed by atoms with Crippen molar-refractivity contribution in [3.05, 3.63) is 29.8 Å². The van der Waals surface area contributed by atoms with Crippen molar-refractivity contribution in [1.29, 1.82) is 5.26 Å². The Labute approximate surface area is 103 Å². The molecule has 1 heterocycles. The van der Waals surface area contributed by atoms with E-state index in [1.54, 1.807) is 24.3 Å². The largest absolute Gasteiger partial charge is 0.465 e. The van der Waals surface area contributed by atoms with E-state index in [4.69, 9.17) is 10.00 Å². The molecule has 1 aliphatic rings. The van der Waals surface area contributed by atoms with Crippen LogP contribution in [0.2, 0.25) is 0 Å². The summed E-state index contributed by atoms with van der Waals surface area (Å²) in [7, 11) is 1.30. The van der Waals surface area contributed by atoms with Gasteiger partial charge in [-0.1, -0.05) is 0 Å². The number of carbonyl (C=O) groups is 2. The Bertz CT molecular complexity index is 518. The smallest absolute Gasteiger partial charge is 0.415 e. The Morgan fingerprint density at radius 3 is 2.67 bits per heavy atom. The molecular weight excluding hydrogens is 236 g/mol. The van der Waals surface area contributed by atoms with Gasteiger partial charge in [-0.25, -0.2) is 9.59 Å². The lowest BCUT2D eigenvalue weighted by atomic mass is 10.2. The van der Waals surface area contributed by atoms with Gasteiger partial charge in [-0.3, -0.25) is 4.90 Å². The van der Waals surface area contributed by atoms with E-state index < -0.39 is 18.2 Å². The van der Waals surface area contributed by atoms with Gasteiger partial charge < -0.3 is 9.47 Å². The van der Waals surface area contributed by atoms with Gasteiger partial charge in [0, 0.05) is 5.69 Å². The van der Waals surface area contributed by atoms with E-state index in [-0.39, 0.29) is 6.54 Å². The number of hydrogen-bond acceptors (Lipinski definition) is 5. The zero-order valence-electron chi connectivity index (χ0n) is 9.62. The van der Waals surface area contributed by atoms with Crippen LogP contribution in [-0.2, 0) is 9.47 Å². The first-order chi connectivity index (χ1) is 8.65. The average Bonchev–Trinajstić information content (AvgIpc) is 2.79. The lowest BCUT2D eigenvalue weighted by Gasteiger charge is -2.12. The van der Waals surface area contributed by atoms with E-state index in [1.807, 2.05) is 6.07 Å². The Morgan fingerprint density at radius 1 is 1.50 bits per heavy atom. The number of anilines is 1. The average molecular weight is 246 g/mol. The van der Waals surface area contributed by atoms with Crippen LogP contribution in [-0.4, -0.2) is 31.8 Å². The van der Waals surface area contributed by atoms with Crippen molar-refractivity contribution >= 4 is 17.7 Å².